The SMILES string of the molecule is CC1(C)c2[nH]nc(NC(=O)c3c(F)cccc3CNC3CCOCC3)c2CN1S(=O)(=O)c1cc(F)cc(F)c1.Cl. The second-order valence-corrected chi connectivity index (χ2v) is 12.0. The van der Waals surface area contributed by atoms with Crippen LogP contribution in [0.2, 0.25) is 0 Å². The topological polar surface area (TPSA) is 116 Å². The van der Waals surface area contributed by atoms with E-state index >= 15 is 0 Å². The molecule has 0 spiro atoms. The number of fused-ring (bicyclic) bond motifs is 1. The van der Waals surface area contributed by atoms with E-state index < -0.39 is 43.8 Å². The van der Waals surface area contributed by atoms with Gasteiger partial charge in [0.2, 0.25) is 10.0 Å². The minimum absolute atomic E-state index is 0. The third-order valence-electron chi connectivity index (χ3n) is 7.19. The molecule has 3 aromatic rings. The molecule has 1 amide bonds. The largest absolute Gasteiger partial charge is 0.381 e. The highest BCUT2D eigenvalue weighted by Crippen LogP contribution is 2.44. The number of nitrogens with one attached hydrogen (secondary N) is 3. The molecule has 0 unspecified atom stereocenters. The molecule has 40 heavy (non-hydrogen) atoms. The molecule has 2 aromatic carbocycles. The summed E-state index contributed by atoms with van der Waals surface area (Å²) in [7, 11) is -4.34. The highest BCUT2D eigenvalue weighted by molar-refractivity contribution is 7.89. The van der Waals surface area contributed by atoms with Gasteiger partial charge in [0.25, 0.3) is 5.91 Å². The first-order chi connectivity index (χ1) is 18.5. The standard InChI is InChI=1S/C26H28F3N5O4S.ClH/c1-26(2)23-20(14-34(26)39(36,37)19-11-16(27)10-17(28)12-19)24(33-32-23)31-25(35)22-15(4-3-5-21(22)29)13-30-18-6-8-38-9-7-18;/h3-5,10-12,18,30H,6-9,13-14H2,1-2H3,(H2,31,32,33,35);1H. The molecule has 216 valence electrons. The first-order valence-corrected chi connectivity index (χ1v) is 13.9. The molecule has 0 radical (unpaired) electrons. The average Bonchev–Trinajstić information content (AvgIpc) is 3.40. The van der Waals surface area contributed by atoms with Crippen LogP contribution in [0.25, 0.3) is 0 Å². The first kappa shape index (κ1) is 30.0. The maximum absolute atomic E-state index is 14.9. The van der Waals surface area contributed by atoms with Crippen molar-refractivity contribution < 1.29 is 31.1 Å². The van der Waals surface area contributed by atoms with Gasteiger partial charge < -0.3 is 15.4 Å². The van der Waals surface area contributed by atoms with Crippen LogP contribution < -0.4 is 10.6 Å². The van der Waals surface area contributed by atoms with E-state index in [1.807, 2.05) is 0 Å². The van der Waals surface area contributed by atoms with Crippen LogP contribution in [0.5, 0.6) is 0 Å². The van der Waals surface area contributed by atoms with E-state index in [4.69, 9.17) is 4.74 Å². The van der Waals surface area contributed by atoms with Crippen molar-refractivity contribution in [2.45, 2.75) is 56.3 Å². The number of sulfonamides is 1. The molecule has 0 aliphatic carbocycles. The van der Waals surface area contributed by atoms with Gasteiger partial charge in [-0.2, -0.15) is 9.40 Å². The number of benzene rings is 2. The summed E-state index contributed by atoms with van der Waals surface area (Å²) >= 11 is 0. The molecule has 14 heteroatoms. The molecule has 3 N–H and O–H groups in total. The van der Waals surface area contributed by atoms with Crippen molar-refractivity contribution in [3.8, 4) is 0 Å². The number of nitrogens with zero attached hydrogens (tertiary/aromatic N) is 2. The van der Waals surface area contributed by atoms with Gasteiger partial charge in [0.15, 0.2) is 5.82 Å². The van der Waals surface area contributed by atoms with Gasteiger partial charge >= 0.3 is 0 Å². The summed E-state index contributed by atoms with van der Waals surface area (Å²) < 4.78 is 75.7. The number of carbonyl (C=O) groups is 1. The number of aromatic nitrogens is 2. The number of anilines is 1. The summed E-state index contributed by atoms with van der Waals surface area (Å²) in [6, 6.07) is 6.65. The van der Waals surface area contributed by atoms with Gasteiger partial charge in [-0.15, -0.1) is 12.4 Å². The maximum atomic E-state index is 14.9. The molecule has 2 aliphatic rings. The smallest absolute Gasteiger partial charge is 0.260 e. The Balaban J connectivity index is 0.00000370. The summed E-state index contributed by atoms with van der Waals surface area (Å²) in [5.41, 5.74) is -0.112. The Bertz CT molecular complexity index is 1510. The minimum Gasteiger partial charge on any atom is -0.381 e. The van der Waals surface area contributed by atoms with Crippen LogP contribution in [0.15, 0.2) is 41.3 Å². The van der Waals surface area contributed by atoms with E-state index in [0.29, 0.717) is 36.1 Å². The molecule has 3 heterocycles. The monoisotopic (exact) mass is 599 g/mol. The highest BCUT2D eigenvalue weighted by Gasteiger charge is 2.48. The van der Waals surface area contributed by atoms with E-state index in [1.54, 1.807) is 19.9 Å². The second-order valence-electron chi connectivity index (χ2n) is 10.1. The molecule has 0 bridgehead atoms. The molecule has 1 aromatic heterocycles. The number of hydrogen-bond donors (Lipinski definition) is 3. The van der Waals surface area contributed by atoms with Gasteiger partial charge in [-0.05, 0) is 50.5 Å². The zero-order chi connectivity index (χ0) is 27.9. The molecule has 0 atom stereocenters. The van der Waals surface area contributed by atoms with Crippen molar-refractivity contribution in [1.29, 1.82) is 0 Å². The van der Waals surface area contributed by atoms with Crippen molar-refractivity contribution in [1.82, 2.24) is 19.8 Å². The van der Waals surface area contributed by atoms with Gasteiger partial charge in [0.05, 0.1) is 21.7 Å². The number of rotatable bonds is 7. The summed E-state index contributed by atoms with van der Waals surface area (Å²) in [5.74, 6) is -3.45. The number of halogens is 4. The fourth-order valence-corrected chi connectivity index (χ4v) is 6.85. The third-order valence-corrected chi connectivity index (χ3v) is 9.19. The lowest BCUT2D eigenvalue weighted by Crippen LogP contribution is -2.40. The van der Waals surface area contributed by atoms with Crippen molar-refractivity contribution in [2.75, 3.05) is 18.5 Å². The average molecular weight is 600 g/mol. The Kier molecular flexibility index (Phi) is 8.62. The molecule has 9 nitrogen and oxygen atoms in total. The minimum atomic E-state index is -4.34. The molecular weight excluding hydrogens is 571 g/mol. The zero-order valence-corrected chi connectivity index (χ0v) is 23.4. The predicted octanol–water partition coefficient (Wildman–Crippen LogP) is 4.21. The number of hydrogen-bond acceptors (Lipinski definition) is 6. The molecule has 1 fully saturated rings. The van der Waals surface area contributed by atoms with Gasteiger partial charge in [-0.25, -0.2) is 21.6 Å². The zero-order valence-electron chi connectivity index (χ0n) is 21.8. The summed E-state index contributed by atoms with van der Waals surface area (Å²) in [4.78, 5) is 12.7. The molecular formula is C26H29ClF3N5O4S. The van der Waals surface area contributed by atoms with Crippen LogP contribution in [0.1, 0.15) is 53.9 Å². The lowest BCUT2D eigenvalue weighted by Gasteiger charge is -2.30. The van der Waals surface area contributed by atoms with E-state index in [2.05, 4.69) is 20.8 Å². The van der Waals surface area contributed by atoms with Gasteiger partial charge in [-0.3, -0.25) is 9.89 Å². The van der Waals surface area contributed by atoms with Crippen LogP contribution in [0.3, 0.4) is 0 Å². The summed E-state index contributed by atoms with van der Waals surface area (Å²) in [6.07, 6.45) is 1.63. The Morgan fingerprint density at radius 2 is 1.82 bits per heavy atom. The number of aromatic amines is 1. The van der Waals surface area contributed by atoms with Crippen LogP contribution in [-0.4, -0.2) is 48.1 Å². The van der Waals surface area contributed by atoms with Crippen molar-refractivity contribution in [3.63, 3.8) is 0 Å². The lowest BCUT2D eigenvalue weighted by atomic mass is 10.0. The van der Waals surface area contributed by atoms with Gasteiger partial charge in [-0.1, -0.05) is 12.1 Å². The summed E-state index contributed by atoms with van der Waals surface area (Å²) in [6.45, 7) is 4.52. The Labute approximate surface area is 235 Å². The molecule has 5 rings (SSSR count). The highest BCUT2D eigenvalue weighted by atomic mass is 35.5. The Morgan fingerprint density at radius 1 is 1.15 bits per heavy atom. The molecule has 0 saturated carbocycles. The molecule has 1 saturated heterocycles. The van der Waals surface area contributed by atoms with Gasteiger partial charge in [0.1, 0.15) is 17.5 Å². The first-order valence-electron chi connectivity index (χ1n) is 12.4. The summed E-state index contributed by atoms with van der Waals surface area (Å²) in [5, 5.41) is 12.9. The maximum Gasteiger partial charge on any atom is 0.260 e. The van der Waals surface area contributed by atoms with Crippen LogP contribution in [0, 0.1) is 17.5 Å². The van der Waals surface area contributed by atoms with E-state index in [9.17, 15) is 26.4 Å². The van der Waals surface area contributed by atoms with E-state index in [-0.39, 0.29) is 42.9 Å². The Morgan fingerprint density at radius 3 is 2.50 bits per heavy atom. The molecule has 2 aliphatic heterocycles. The van der Waals surface area contributed by atoms with Crippen molar-refractivity contribution in [3.05, 3.63) is 76.2 Å². The van der Waals surface area contributed by atoms with Crippen LogP contribution in [-0.2, 0) is 33.4 Å². The lowest BCUT2D eigenvalue weighted by molar-refractivity contribution is 0.0775. The quantitative estimate of drug-likeness (QED) is 0.375. The number of carbonyl (C=O) groups excluding carboxylic acids is 1. The van der Waals surface area contributed by atoms with Crippen molar-refractivity contribution in [2.24, 2.45) is 0 Å². The van der Waals surface area contributed by atoms with E-state index in [1.165, 1.54) is 12.1 Å². The Hall–Kier alpha value is -2.97. The fraction of sp³-hybridized carbons (Fsp3) is 0.385. The second kappa shape index (κ2) is 11.5. The van der Waals surface area contributed by atoms with Gasteiger partial charge in [0, 0.05) is 44.0 Å². The predicted molar refractivity (Wildman–Crippen MR) is 143 cm³/mol. The number of H-pyrrole nitrogens is 1. The van der Waals surface area contributed by atoms with Crippen LogP contribution >= 0.6 is 12.4 Å². The normalized spacial score (nSPS) is 17.3. The van der Waals surface area contributed by atoms with E-state index in [0.717, 1.165) is 29.3 Å². The number of ether oxygens (including phenoxy) is 1. The third kappa shape index (κ3) is 5.61. The van der Waals surface area contributed by atoms with Crippen LogP contribution in [0.4, 0.5) is 19.0 Å². The number of amides is 1. The fourth-order valence-electron chi connectivity index (χ4n) is 5.08. The van der Waals surface area contributed by atoms with Crippen molar-refractivity contribution >= 4 is 34.2 Å².